The molecule has 20 heavy (non-hydrogen) atoms. The summed E-state index contributed by atoms with van der Waals surface area (Å²) in [5, 5.41) is 8.11. The number of ether oxygens (including phenoxy) is 1. The second kappa shape index (κ2) is 5.46. The van der Waals surface area contributed by atoms with Gasteiger partial charge in [-0.2, -0.15) is 0 Å². The molecule has 1 heterocycles. The van der Waals surface area contributed by atoms with Gasteiger partial charge in [0.1, 0.15) is 16.6 Å². The van der Waals surface area contributed by atoms with E-state index in [1.54, 1.807) is 7.11 Å². The highest BCUT2D eigenvalue weighted by Crippen LogP contribution is 2.29. The van der Waals surface area contributed by atoms with E-state index in [9.17, 15) is 0 Å². The lowest BCUT2D eigenvalue weighted by atomic mass is 10.1. The molecule has 4 nitrogen and oxygen atoms in total. The van der Waals surface area contributed by atoms with Crippen LogP contribution in [0.2, 0.25) is 0 Å². The highest BCUT2D eigenvalue weighted by molar-refractivity contribution is 9.10. The van der Waals surface area contributed by atoms with Crippen LogP contribution in [0.15, 0.2) is 58.1 Å². The van der Waals surface area contributed by atoms with Crippen LogP contribution in [0, 0.1) is 0 Å². The predicted molar refractivity (Wildman–Crippen MR) is 81.6 cm³/mol. The van der Waals surface area contributed by atoms with E-state index in [1.807, 2.05) is 48.5 Å². The molecular formula is C15H12BrN3O+. The Morgan fingerprint density at radius 3 is 2.60 bits per heavy atom. The topological polar surface area (TPSA) is 47.7 Å². The first-order valence-electron chi connectivity index (χ1n) is 6.09. The van der Waals surface area contributed by atoms with Gasteiger partial charge in [-0.25, -0.2) is 0 Å². The summed E-state index contributed by atoms with van der Waals surface area (Å²) in [6, 6.07) is 15.8. The van der Waals surface area contributed by atoms with Gasteiger partial charge in [-0.15, -0.1) is 0 Å². The van der Waals surface area contributed by atoms with E-state index in [2.05, 4.69) is 31.7 Å². The maximum atomic E-state index is 5.17. The Labute approximate surface area is 125 Å². The summed E-state index contributed by atoms with van der Waals surface area (Å²) in [7, 11) is 1.65. The standard InChI is InChI=1S/C15H12BrN3O/c1-20-13-7-5-10(6-8-13)14-15(18-19-17-14)11-3-2-4-12(16)9-11/h2-9H,1H3,(H,17,18)/q+1. The average molecular weight is 330 g/mol. The Hall–Kier alpha value is -2.14. The van der Waals surface area contributed by atoms with E-state index in [0.717, 1.165) is 32.7 Å². The summed E-state index contributed by atoms with van der Waals surface area (Å²) < 4.78 is 6.19. The highest BCUT2D eigenvalue weighted by atomic mass is 79.9. The minimum Gasteiger partial charge on any atom is -0.497 e. The summed E-state index contributed by atoms with van der Waals surface area (Å²) in [4.78, 5) is 0. The predicted octanol–water partition coefficient (Wildman–Crippen LogP) is 3.59. The van der Waals surface area contributed by atoms with Crippen LogP contribution in [-0.4, -0.2) is 7.11 Å². The van der Waals surface area contributed by atoms with Crippen molar-refractivity contribution >= 4 is 27.3 Å². The average Bonchev–Trinajstić information content (AvgIpc) is 2.97. The number of nitrogens with one attached hydrogen (secondary N) is 1. The Balaban J connectivity index is 2.04. The summed E-state index contributed by atoms with van der Waals surface area (Å²) in [5.74, 6) is 0.821. The quantitative estimate of drug-likeness (QED) is 0.935. The molecule has 0 fully saturated rings. The van der Waals surface area contributed by atoms with Crippen molar-refractivity contribution in [2.45, 2.75) is 0 Å². The third-order valence-corrected chi connectivity index (χ3v) is 3.52. The lowest BCUT2D eigenvalue weighted by Gasteiger charge is -2.03. The van der Waals surface area contributed by atoms with Crippen molar-refractivity contribution in [3.05, 3.63) is 64.1 Å². The van der Waals surface area contributed by atoms with Gasteiger partial charge in [0, 0.05) is 15.6 Å². The molecule has 0 saturated carbocycles. The number of halogens is 1. The van der Waals surface area contributed by atoms with Crippen LogP contribution in [0.5, 0.6) is 5.75 Å². The van der Waals surface area contributed by atoms with Gasteiger partial charge in [-0.3, -0.25) is 0 Å². The molecule has 0 saturated heterocycles. The van der Waals surface area contributed by atoms with Gasteiger partial charge >= 0.3 is 5.22 Å². The van der Waals surface area contributed by atoms with Crippen molar-refractivity contribution in [2.75, 3.05) is 7.11 Å². The first-order chi connectivity index (χ1) is 9.78. The summed E-state index contributed by atoms with van der Waals surface area (Å²) >= 11 is 3.48. The smallest absolute Gasteiger partial charge is 0.331 e. The molecule has 2 aromatic carbocycles. The van der Waals surface area contributed by atoms with Crippen molar-refractivity contribution in [1.82, 2.24) is 10.6 Å². The van der Waals surface area contributed by atoms with E-state index in [4.69, 9.17) is 4.74 Å². The molecule has 1 aliphatic heterocycles. The van der Waals surface area contributed by atoms with Crippen LogP contribution in [0.3, 0.4) is 0 Å². The molecule has 1 aliphatic rings. The number of rotatable bonds is 3. The molecule has 99 valence electrons. The number of benzene rings is 2. The van der Waals surface area contributed by atoms with Crippen LogP contribution < -0.4 is 15.4 Å². The fourth-order valence-corrected chi connectivity index (χ4v) is 2.42. The summed E-state index contributed by atoms with van der Waals surface area (Å²) in [6.45, 7) is 0. The van der Waals surface area contributed by atoms with Gasteiger partial charge in [0.05, 0.1) is 7.11 Å². The van der Waals surface area contributed by atoms with Crippen LogP contribution in [0.1, 0.15) is 11.1 Å². The SMILES string of the molecule is COc1ccc(C2=C(c3cccc(Br)c3)N[N+]=N2)cc1. The second-order valence-corrected chi connectivity index (χ2v) is 5.19. The first kappa shape index (κ1) is 12.9. The van der Waals surface area contributed by atoms with Crippen molar-refractivity contribution in [3.8, 4) is 5.75 Å². The Morgan fingerprint density at radius 1 is 1.10 bits per heavy atom. The monoisotopic (exact) mass is 329 g/mol. The molecule has 0 aliphatic carbocycles. The Bertz CT molecular complexity index is 693. The Kier molecular flexibility index (Phi) is 3.52. The van der Waals surface area contributed by atoms with Gasteiger partial charge in [0.15, 0.2) is 5.70 Å². The summed E-state index contributed by atoms with van der Waals surface area (Å²) in [5.41, 5.74) is 6.72. The highest BCUT2D eigenvalue weighted by Gasteiger charge is 2.24. The van der Waals surface area contributed by atoms with Crippen LogP contribution in [0.25, 0.3) is 11.4 Å². The minimum absolute atomic E-state index is 0.821. The van der Waals surface area contributed by atoms with Gasteiger partial charge in [0.25, 0.3) is 0 Å². The van der Waals surface area contributed by atoms with Crippen molar-refractivity contribution < 1.29 is 4.74 Å². The maximum Gasteiger partial charge on any atom is 0.331 e. The molecule has 1 radical (unpaired) electrons. The molecule has 0 unspecified atom stereocenters. The molecule has 5 heteroatoms. The Morgan fingerprint density at radius 2 is 1.90 bits per heavy atom. The van der Waals surface area contributed by atoms with Crippen LogP contribution in [0.4, 0.5) is 0 Å². The van der Waals surface area contributed by atoms with Gasteiger partial charge in [-0.05, 0) is 36.4 Å². The lowest BCUT2D eigenvalue weighted by Crippen LogP contribution is -2.08. The molecule has 0 spiro atoms. The molecule has 1 N–H and O–H groups in total. The zero-order valence-corrected chi connectivity index (χ0v) is 12.4. The molecule has 0 aromatic heterocycles. The van der Waals surface area contributed by atoms with E-state index < -0.39 is 0 Å². The van der Waals surface area contributed by atoms with E-state index >= 15 is 0 Å². The molecule has 2 aromatic rings. The van der Waals surface area contributed by atoms with Crippen LogP contribution >= 0.6 is 15.9 Å². The van der Waals surface area contributed by atoms with E-state index in [-0.39, 0.29) is 0 Å². The number of hydrogen-bond acceptors (Lipinski definition) is 4. The maximum absolute atomic E-state index is 5.17. The first-order valence-corrected chi connectivity index (χ1v) is 6.88. The largest absolute Gasteiger partial charge is 0.497 e. The molecule has 0 atom stereocenters. The van der Waals surface area contributed by atoms with Gasteiger partial charge < -0.3 is 4.74 Å². The lowest BCUT2D eigenvalue weighted by molar-refractivity contribution is 0.415. The fourth-order valence-electron chi connectivity index (χ4n) is 2.02. The molecular weight excluding hydrogens is 318 g/mol. The zero-order valence-electron chi connectivity index (χ0n) is 10.8. The fraction of sp³-hybridized carbons (Fsp3) is 0.0667. The van der Waals surface area contributed by atoms with Gasteiger partial charge in [0.2, 0.25) is 0 Å². The second-order valence-electron chi connectivity index (χ2n) is 4.27. The number of hydrogen-bond donors (Lipinski definition) is 1. The number of nitrogens with zero attached hydrogens (tertiary/aromatic N) is 2. The van der Waals surface area contributed by atoms with Crippen LogP contribution in [-0.2, 0) is 0 Å². The third-order valence-electron chi connectivity index (χ3n) is 3.03. The molecule has 3 rings (SSSR count). The molecule has 0 amide bonds. The van der Waals surface area contributed by atoms with Crippen molar-refractivity contribution in [3.63, 3.8) is 0 Å². The summed E-state index contributed by atoms with van der Waals surface area (Å²) in [6.07, 6.45) is 0. The third kappa shape index (κ3) is 2.44. The normalized spacial score (nSPS) is 13.5. The number of methoxy groups -OCH3 is 1. The molecule has 0 bridgehead atoms. The van der Waals surface area contributed by atoms with Crippen molar-refractivity contribution in [1.29, 1.82) is 0 Å². The zero-order chi connectivity index (χ0) is 13.9. The van der Waals surface area contributed by atoms with E-state index in [1.165, 1.54) is 0 Å². The van der Waals surface area contributed by atoms with Gasteiger partial charge in [-0.1, -0.05) is 33.5 Å². The van der Waals surface area contributed by atoms with E-state index in [0.29, 0.717) is 0 Å². The van der Waals surface area contributed by atoms with Crippen molar-refractivity contribution in [2.24, 2.45) is 5.11 Å². The minimum atomic E-state index is 0.821.